The third kappa shape index (κ3) is 14.6. The molecular formula is C48H84N4O7. The van der Waals surface area contributed by atoms with Crippen LogP contribution in [0.3, 0.4) is 0 Å². The SMILES string of the molecule is CCCCOC(=O)[C@@H](CC)[C@@H]1CCCC[C@@H]1NC(=O)[C@@H](CC)[C@@H]1CCCC[C@@H]1NC(=O)[C@@H](CC)[C@@H]1CCCC[C@@H]1NC(=O)CC1(CNC(=O)OC(C)(C)C)CCCCC1. The van der Waals surface area contributed by atoms with Gasteiger partial charge in [-0.3, -0.25) is 19.2 Å². The maximum Gasteiger partial charge on any atom is 0.407 e. The summed E-state index contributed by atoms with van der Waals surface area (Å²) in [6.07, 6.45) is 20.3. The molecule has 0 saturated heterocycles. The van der Waals surface area contributed by atoms with Crippen LogP contribution in [0.25, 0.3) is 0 Å². The Balaban J connectivity index is 1.40. The number of nitrogens with one attached hydrogen (secondary N) is 4. The van der Waals surface area contributed by atoms with Gasteiger partial charge < -0.3 is 30.7 Å². The quantitative estimate of drug-likeness (QED) is 0.0748. The molecule has 4 aliphatic carbocycles. The molecule has 4 saturated carbocycles. The Labute approximate surface area is 357 Å². The number of rotatable bonds is 19. The van der Waals surface area contributed by atoms with Gasteiger partial charge in [-0.15, -0.1) is 0 Å². The van der Waals surface area contributed by atoms with Gasteiger partial charge in [-0.25, -0.2) is 4.79 Å². The number of hydrogen-bond donors (Lipinski definition) is 4. The van der Waals surface area contributed by atoms with Crippen LogP contribution in [-0.4, -0.2) is 66.7 Å². The molecule has 11 nitrogen and oxygen atoms in total. The van der Waals surface area contributed by atoms with E-state index >= 15 is 0 Å². The fraction of sp³-hybridized carbons (Fsp3) is 0.896. The van der Waals surface area contributed by atoms with Gasteiger partial charge in [0.1, 0.15) is 5.60 Å². The van der Waals surface area contributed by atoms with Crippen LogP contribution in [0.5, 0.6) is 0 Å². The number of carbonyl (C=O) groups is 5. The van der Waals surface area contributed by atoms with Crippen molar-refractivity contribution in [2.75, 3.05) is 13.2 Å². The second-order valence-corrected chi connectivity index (χ2v) is 19.9. The first-order valence-electron chi connectivity index (χ1n) is 24.3. The van der Waals surface area contributed by atoms with Crippen LogP contribution in [0.1, 0.15) is 196 Å². The number of amides is 4. The van der Waals surface area contributed by atoms with Crippen molar-refractivity contribution in [3.05, 3.63) is 0 Å². The zero-order chi connectivity index (χ0) is 43.0. The molecule has 338 valence electrons. The summed E-state index contributed by atoms with van der Waals surface area (Å²) in [5.41, 5.74) is -0.896. The first-order chi connectivity index (χ1) is 28.2. The lowest BCUT2D eigenvalue weighted by atomic mass is 9.71. The van der Waals surface area contributed by atoms with Crippen molar-refractivity contribution in [2.24, 2.45) is 40.9 Å². The van der Waals surface area contributed by atoms with Crippen molar-refractivity contribution in [3.63, 3.8) is 0 Å². The second kappa shape index (κ2) is 24.0. The smallest absolute Gasteiger partial charge is 0.407 e. The zero-order valence-corrected chi connectivity index (χ0v) is 38.2. The number of hydrogen-bond acceptors (Lipinski definition) is 7. The lowest BCUT2D eigenvalue weighted by molar-refractivity contribution is -0.152. The molecule has 4 aliphatic rings. The summed E-state index contributed by atoms with van der Waals surface area (Å²) in [4.78, 5) is 68.4. The van der Waals surface area contributed by atoms with Crippen LogP contribution in [0, 0.1) is 40.9 Å². The minimum Gasteiger partial charge on any atom is -0.465 e. The molecular weight excluding hydrogens is 745 g/mol. The maximum atomic E-state index is 14.4. The van der Waals surface area contributed by atoms with Crippen molar-refractivity contribution in [3.8, 4) is 0 Å². The van der Waals surface area contributed by atoms with Crippen molar-refractivity contribution >= 4 is 29.8 Å². The van der Waals surface area contributed by atoms with E-state index in [0.717, 1.165) is 122 Å². The predicted molar refractivity (Wildman–Crippen MR) is 233 cm³/mol. The molecule has 0 unspecified atom stereocenters. The second-order valence-electron chi connectivity index (χ2n) is 19.9. The highest BCUT2D eigenvalue weighted by molar-refractivity contribution is 5.82. The van der Waals surface area contributed by atoms with E-state index in [1.54, 1.807) is 0 Å². The monoisotopic (exact) mass is 829 g/mol. The average Bonchev–Trinajstić information content (AvgIpc) is 3.20. The molecule has 9 atom stereocenters. The van der Waals surface area contributed by atoms with Gasteiger partial charge in [0.05, 0.1) is 12.5 Å². The van der Waals surface area contributed by atoms with Gasteiger partial charge in [0.15, 0.2) is 0 Å². The molecule has 0 aromatic carbocycles. The molecule has 0 radical (unpaired) electrons. The minimum atomic E-state index is -0.590. The molecule has 4 amide bonds. The summed E-state index contributed by atoms with van der Waals surface area (Å²) in [5.74, 6) is -0.528. The van der Waals surface area contributed by atoms with E-state index in [0.29, 0.717) is 38.8 Å². The minimum absolute atomic E-state index is 0.00745. The first-order valence-corrected chi connectivity index (χ1v) is 24.3. The molecule has 0 spiro atoms. The molecule has 11 heteroatoms. The normalized spacial score (nSPS) is 27.6. The van der Waals surface area contributed by atoms with Gasteiger partial charge in [-0.1, -0.05) is 91.9 Å². The van der Waals surface area contributed by atoms with E-state index in [2.05, 4.69) is 49.0 Å². The third-order valence-electron chi connectivity index (χ3n) is 14.5. The Kier molecular flexibility index (Phi) is 19.8. The zero-order valence-electron chi connectivity index (χ0n) is 38.2. The van der Waals surface area contributed by atoms with Crippen molar-refractivity contribution in [2.45, 2.75) is 220 Å². The van der Waals surface area contributed by atoms with Crippen LogP contribution in [0.4, 0.5) is 4.79 Å². The van der Waals surface area contributed by atoms with Gasteiger partial charge in [-0.2, -0.15) is 0 Å². The highest BCUT2D eigenvalue weighted by Gasteiger charge is 2.43. The van der Waals surface area contributed by atoms with Gasteiger partial charge >= 0.3 is 12.1 Å². The van der Waals surface area contributed by atoms with Crippen molar-refractivity contribution < 1.29 is 33.4 Å². The van der Waals surface area contributed by atoms with E-state index in [1.807, 2.05) is 20.8 Å². The number of esters is 1. The Bertz CT molecular complexity index is 1340. The van der Waals surface area contributed by atoms with Gasteiger partial charge in [0.2, 0.25) is 17.7 Å². The molecule has 4 N–H and O–H groups in total. The number of carbonyl (C=O) groups excluding carboxylic acids is 5. The van der Waals surface area contributed by atoms with E-state index < -0.39 is 11.7 Å². The molecule has 59 heavy (non-hydrogen) atoms. The summed E-state index contributed by atoms with van der Waals surface area (Å²) in [7, 11) is 0. The fourth-order valence-electron chi connectivity index (χ4n) is 11.4. The van der Waals surface area contributed by atoms with Crippen molar-refractivity contribution in [1.82, 2.24) is 21.3 Å². The summed E-state index contributed by atoms with van der Waals surface area (Å²) in [6, 6.07) is -0.217. The van der Waals surface area contributed by atoms with Crippen LogP contribution < -0.4 is 21.3 Å². The summed E-state index contributed by atoms with van der Waals surface area (Å²) in [6.45, 7) is 14.7. The van der Waals surface area contributed by atoms with Crippen LogP contribution in [0.15, 0.2) is 0 Å². The van der Waals surface area contributed by atoms with Gasteiger partial charge in [-0.05, 0) is 121 Å². The highest BCUT2D eigenvalue weighted by Crippen LogP contribution is 2.41. The lowest BCUT2D eigenvalue weighted by Crippen LogP contribution is -2.54. The molecule has 0 aliphatic heterocycles. The number of ether oxygens (including phenoxy) is 2. The van der Waals surface area contributed by atoms with Crippen LogP contribution in [0.2, 0.25) is 0 Å². The Morgan fingerprint density at radius 2 is 1.07 bits per heavy atom. The topological polar surface area (TPSA) is 152 Å². The average molecular weight is 829 g/mol. The van der Waals surface area contributed by atoms with Crippen molar-refractivity contribution in [1.29, 1.82) is 0 Å². The number of alkyl carbamates (subject to hydrolysis) is 1. The van der Waals surface area contributed by atoms with E-state index in [1.165, 1.54) is 0 Å². The lowest BCUT2D eigenvalue weighted by Gasteiger charge is -2.41. The van der Waals surface area contributed by atoms with Crippen LogP contribution in [-0.2, 0) is 28.7 Å². The highest BCUT2D eigenvalue weighted by atomic mass is 16.6. The Morgan fingerprint density at radius 1 is 0.610 bits per heavy atom. The van der Waals surface area contributed by atoms with E-state index in [4.69, 9.17) is 9.47 Å². The molecule has 0 aromatic rings. The molecule has 0 aromatic heterocycles. The summed E-state index contributed by atoms with van der Waals surface area (Å²) in [5, 5.41) is 13.4. The predicted octanol–water partition coefficient (Wildman–Crippen LogP) is 9.30. The largest absolute Gasteiger partial charge is 0.465 e. The maximum absolute atomic E-state index is 14.4. The standard InChI is InChI=1S/C48H84N4O7/c1-8-12-30-58-45(56)35(11-4)38-24-16-19-27-41(38)52-44(55)34(10-3)37-23-15-18-26-40(37)51-43(54)33(9-2)36-22-14-17-25-39(36)50-42(53)31-48(28-20-13-21-29-48)32-49-46(57)59-47(5,6)7/h33-41H,8-32H2,1-7H3,(H,49,57)(H,50,53)(H,51,54)(H,52,55)/t33-,34-,35-,36-,37-,38-,39-,40-,41-/m0/s1. The van der Waals surface area contributed by atoms with E-state index in [9.17, 15) is 24.0 Å². The van der Waals surface area contributed by atoms with Crippen LogP contribution >= 0.6 is 0 Å². The van der Waals surface area contributed by atoms with E-state index in [-0.39, 0.29) is 82.7 Å². The molecule has 4 rings (SSSR count). The van der Waals surface area contributed by atoms with Gasteiger partial charge in [0.25, 0.3) is 0 Å². The fourth-order valence-corrected chi connectivity index (χ4v) is 11.4. The number of unbranched alkanes of at least 4 members (excludes halogenated alkanes) is 1. The summed E-state index contributed by atoms with van der Waals surface area (Å²) >= 11 is 0. The first kappa shape index (κ1) is 48.8. The Hall–Kier alpha value is -2.85. The van der Waals surface area contributed by atoms with Gasteiger partial charge in [0, 0.05) is 42.9 Å². The molecule has 4 fully saturated rings. The summed E-state index contributed by atoms with van der Waals surface area (Å²) < 4.78 is 11.2. The Morgan fingerprint density at radius 3 is 1.53 bits per heavy atom. The third-order valence-corrected chi connectivity index (χ3v) is 14.5. The molecule has 0 heterocycles. The molecule has 0 bridgehead atoms.